The Morgan fingerprint density at radius 2 is 2.08 bits per heavy atom. The lowest BCUT2D eigenvalue weighted by atomic mass is 10.2. The summed E-state index contributed by atoms with van der Waals surface area (Å²) in [7, 11) is 0. The van der Waals surface area contributed by atoms with Gasteiger partial charge in [0, 0.05) is 12.2 Å². The minimum absolute atomic E-state index is 0.0741. The first-order chi connectivity index (χ1) is 5.57. The highest BCUT2D eigenvalue weighted by Gasteiger charge is 2.04. The van der Waals surface area contributed by atoms with E-state index < -0.39 is 0 Å². The van der Waals surface area contributed by atoms with Crippen LogP contribution in [0.25, 0.3) is 0 Å². The monoisotopic (exact) mass is 166 g/mol. The van der Waals surface area contributed by atoms with Crippen molar-refractivity contribution in [3.8, 4) is 0 Å². The second-order valence-corrected chi connectivity index (χ2v) is 2.93. The largest absolute Gasteiger partial charge is 0.394 e. The predicted molar refractivity (Wildman–Crippen MR) is 50.3 cm³/mol. The third kappa shape index (κ3) is 1.22. The molecule has 0 unspecified atom stereocenters. The number of hydrogen-bond acceptors (Lipinski definition) is 2. The van der Waals surface area contributed by atoms with Crippen molar-refractivity contribution in [1.82, 2.24) is 4.57 Å². The van der Waals surface area contributed by atoms with Crippen LogP contribution < -0.4 is 11.3 Å². The van der Waals surface area contributed by atoms with Crippen LogP contribution in [0.15, 0.2) is 10.9 Å². The Balaban J connectivity index is 3.52. The summed E-state index contributed by atoms with van der Waals surface area (Å²) in [6.45, 7) is 6.37. The van der Waals surface area contributed by atoms with Gasteiger partial charge in [-0.3, -0.25) is 4.79 Å². The molecule has 0 bridgehead atoms. The van der Waals surface area contributed by atoms with Gasteiger partial charge in [-0.05, 0) is 32.4 Å². The van der Waals surface area contributed by atoms with Crippen molar-refractivity contribution in [2.24, 2.45) is 0 Å². The van der Waals surface area contributed by atoms with Gasteiger partial charge in [-0.25, -0.2) is 0 Å². The molecule has 12 heavy (non-hydrogen) atoms. The zero-order valence-electron chi connectivity index (χ0n) is 7.72. The van der Waals surface area contributed by atoms with Gasteiger partial charge in [0.25, 0.3) is 5.56 Å². The molecule has 0 aromatic carbocycles. The first-order valence-electron chi connectivity index (χ1n) is 4.04. The maximum absolute atomic E-state index is 11.5. The molecule has 3 heteroatoms. The summed E-state index contributed by atoms with van der Waals surface area (Å²) >= 11 is 0. The molecule has 0 saturated heterocycles. The van der Waals surface area contributed by atoms with E-state index in [0.29, 0.717) is 12.2 Å². The molecule has 0 saturated carbocycles. The molecule has 66 valence electrons. The minimum atomic E-state index is -0.0741. The second kappa shape index (κ2) is 3.01. The van der Waals surface area contributed by atoms with E-state index in [-0.39, 0.29) is 5.56 Å². The van der Waals surface area contributed by atoms with Crippen LogP contribution in [0.2, 0.25) is 0 Å². The molecule has 0 atom stereocenters. The van der Waals surface area contributed by atoms with E-state index in [1.807, 2.05) is 26.8 Å². The number of aromatic nitrogens is 1. The quantitative estimate of drug-likeness (QED) is 0.678. The summed E-state index contributed by atoms with van der Waals surface area (Å²) in [6, 6.07) is 1.93. The van der Waals surface area contributed by atoms with Crippen LogP contribution in [0.4, 0.5) is 5.69 Å². The smallest absolute Gasteiger partial charge is 0.274 e. The van der Waals surface area contributed by atoms with Gasteiger partial charge in [0.2, 0.25) is 0 Å². The minimum Gasteiger partial charge on any atom is -0.394 e. The van der Waals surface area contributed by atoms with Crippen LogP contribution in [-0.4, -0.2) is 4.57 Å². The number of nitrogens with zero attached hydrogens (tertiary/aromatic N) is 1. The average Bonchev–Trinajstić information content (AvgIpc) is 2.01. The molecule has 0 fully saturated rings. The van der Waals surface area contributed by atoms with Crippen LogP contribution in [-0.2, 0) is 6.54 Å². The fraction of sp³-hybridized carbons (Fsp3) is 0.444. The van der Waals surface area contributed by atoms with Gasteiger partial charge in [0.15, 0.2) is 0 Å². The van der Waals surface area contributed by atoms with Gasteiger partial charge in [-0.15, -0.1) is 0 Å². The summed E-state index contributed by atoms with van der Waals surface area (Å²) in [5.74, 6) is 0. The van der Waals surface area contributed by atoms with Gasteiger partial charge < -0.3 is 10.3 Å². The zero-order valence-corrected chi connectivity index (χ0v) is 7.72. The fourth-order valence-electron chi connectivity index (χ4n) is 1.34. The fourth-order valence-corrected chi connectivity index (χ4v) is 1.34. The average molecular weight is 166 g/mol. The van der Waals surface area contributed by atoms with Crippen molar-refractivity contribution >= 4 is 5.69 Å². The number of nitrogen functional groups attached to an aromatic ring is 1. The van der Waals surface area contributed by atoms with E-state index in [1.54, 1.807) is 4.57 Å². The lowest BCUT2D eigenvalue weighted by Crippen LogP contribution is -2.24. The van der Waals surface area contributed by atoms with Crippen molar-refractivity contribution in [3.63, 3.8) is 0 Å². The lowest BCUT2D eigenvalue weighted by molar-refractivity contribution is 0.701. The Labute approximate surface area is 71.8 Å². The van der Waals surface area contributed by atoms with E-state index in [0.717, 1.165) is 11.3 Å². The highest BCUT2D eigenvalue weighted by molar-refractivity contribution is 5.44. The molecule has 3 nitrogen and oxygen atoms in total. The number of hydrogen-bond donors (Lipinski definition) is 1. The number of anilines is 1. The van der Waals surface area contributed by atoms with Crippen molar-refractivity contribution in [2.45, 2.75) is 27.3 Å². The molecule has 2 N–H and O–H groups in total. The number of rotatable bonds is 1. The molecular formula is C9H14N2O. The van der Waals surface area contributed by atoms with E-state index in [1.165, 1.54) is 0 Å². The second-order valence-electron chi connectivity index (χ2n) is 2.93. The molecule has 0 spiro atoms. The molecule has 0 aliphatic carbocycles. The third-order valence-corrected chi connectivity index (χ3v) is 2.07. The predicted octanol–water partition coefficient (Wildman–Crippen LogP) is 1.07. The Hall–Kier alpha value is -1.25. The molecule has 1 aromatic rings. The van der Waals surface area contributed by atoms with E-state index in [9.17, 15) is 4.79 Å². The topological polar surface area (TPSA) is 48.0 Å². The zero-order chi connectivity index (χ0) is 9.30. The number of aryl methyl sites for hydroxylation is 2. The van der Waals surface area contributed by atoms with Crippen molar-refractivity contribution in [3.05, 3.63) is 27.7 Å². The van der Waals surface area contributed by atoms with Crippen LogP contribution >= 0.6 is 0 Å². The van der Waals surface area contributed by atoms with Crippen LogP contribution in [0.1, 0.15) is 18.2 Å². The van der Waals surface area contributed by atoms with Crippen LogP contribution in [0.3, 0.4) is 0 Å². The highest BCUT2D eigenvalue weighted by Crippen LogP contribution is 2.06. The first kappa shape index (κ1) is 8.84. The summed E-state index contributed by atoms with van der Waals surface area (Å²) in [5, 5.41) is 0. The molecular weight excluding hydrogens is 152 g/mol. The molecule has 1 heterocycles. The molecule has 1 rings (SSSR count). The number of pyridine rings is 1. The van der Waals surface area contributed by atoms with Crippen LogP contribution in [0, 0.1) is 13.8 Å². The summed E-state index contributed by atoms with van der Waals surface area (Å²) in [5.41, 5.74) is 7.71. The van der Waals surface area contributed by atoms with E-state index in [2.05, 4.69) is 0 Å². The lowest BCUT2D eigenvalue weighted by Gasteiger charge is -2.09. The number of nitrogens with two attached hydrogens (primary N) is 1. The molecule has 0 radical (unpaired) electrons. The molecule has 0 aliphatic heterocycles. The van der Waals surface area contributed by atoms with Crippen molar-refractivity contribution in [1.29, 1.82) is 0 Å². The van der Waals surface area contributed by atoms with Gasteiger partial charge in [-0.1, -0.05) is 0 Å². The SMILES string of the molecule is CCn1c(C)cc(C)c(N)c1=O. The van der Waals surface area contributed by atoms with Gasteiger partial charge in [-0.2, -0.15) is 0 Å². The van der Waals surface area contributed by atoms with Crippen LogP contribution in [0.5, 0.6) is 0 Å². The van der Waals surface area contributed by atoms with E-state index in [4.69, 9.17) is 5.73 Å². The van der Waals surface area contributed by atoms with Gasteiger partial charge in [0.05, 0.1) is 0 Å². The Morgan fingerprint density at radius 1 is 1.50 bits per heavy atom. The van der Waals surface area contributed by atoms with E-state index >= 15 is 0 Å². The first-order valence-corrected chi connectivity index (χ1v) is 4.04. The summed E-state index contributed by atoms with van der Waals surface area (Å²) in [6.07, 6.45) is 0. The molecule has 0 amide bonds. The molecule has 1 aromatic heterocycles. The van der Waals surface area contributed by atoms with Crippen molar-refractivity contribution in [2.75, 3.05) is 5.73 Å². The van der Waals surface area contributed by atoms with Gasteiger partial charge >= 0.3 is 0 Å². The Bertz CT molecular complexity index is 352. The Kier molecular flexibility index (Phi) is 2.22. The summed E-state index contributed by atoms with van der Waals surface area (Å²) in [4.78, 5) is 11.5. The third-order valence-electron chi connectivity index (χ3n) is 2.07. The molecule has 0 aliphatic rings. The maximum atomic E-state index is 11.5. The van der Waals surface area contributed by atoms with Gasteiger partial charge in [0.1, 0.15) is 5.69 Å². The van der Waals surface area contributed by atoms with Crippen molar-refractivity contribution < 1.29 is 0 Å². The highest BCUT2D eigenvalue weighted by atomic mass is 16.1. The Morgan fingerprint density at radius 3 is 2.58 bits per heavy atom. The normalized spacial score (nSPS) is 10.2. The maximum Gasteiger partial charge on any atom is 0.274 e. The standard InChI is InChI=1S/C9H14N2O/c1-4-11-7(3)5-6(2)8(10)9(11)12/h5H,4,10H2,1-3H3. The summed E-state index contributed by atoms with van der Waals surface area (Å²) < 4.78 is 1.67.